The van der Waals surface area contributed by atoms with Crippen molar-refractivity contribution in [2.45, 2.75) is 54.6 Å². The Labute approximate surface area is 167 Å². The second kappa shape index (κ2) is 8.74. The van der Waals surface area contributed by atoms with Gasteiger partial charge in [0.15, 0.2) is 14.1 Å². The van der Waals surface area contributed by atoms with Crippen molar-refractivity contribution in [3.05, 3.63) is 66.2 Å². The second-order valence-corrected chi connectivity index (χ2v) is 13.9. The van der Waals surface area contributed by atoms with E-state index in [0.717, 1.165) is 10.5 Å². The van der Waals surface area contributed by atoms with Gasteiger partial charge >= 0.3 is 0 Å². The predicted molar refractivity (Wildman–Crippen MR) is 115 cm³/mol. The lowest BCUT2D eigenvalue weighted by Gasteiger charge is -2.34. The van der Waals surface area contributed by atoms with Crippen molar-refractivity contribution in [2.24, 2.45) is 0 Å². The van der Waals surface area contributed by atoms with Gasteiger partial charge in [-0.15, -0.1) is 23.4 Å². The first-order valence-corrected chi connectivity index (χ1v) is 13.5. The molecule has 2 atom stereocenters. The van der Waals surface area contributed by atoms with Gasteiger partial charge in [0.25, 0.3) is 0 Å². The molecule has 2 aromatic rings. The van der Waals surface area contributed by atoms with E-state index in [1.54, 1.807) is 11.8 Å². The molecule has 5 heteroatoms. The Kier molecular flexibility index (Phi) is 7.14. The van der Waals surface area contributed by atoms with Crippen molar-refractivity contribution < 1.29 is 9.22 Å². The summed E-state index contributed by atoms with van der Waals surface area (Å²) in [6.45, 7) is 9.91. The fourth-order valence-electron chi connectivity index (χ4n) is 2.87. The van der Waals surface area contributed by atoms with E-state index in [9.17, 15) is 4.79 Å². The molecule has 2 rings (SSSR count). The van der Waals surface area contributed by atoms with Gasteiger partial charge < -0.3 is 4.43 Å². The molecule has 2 aromatic carbocycles. The molecule has 0 N–H and O–H groups in total. The van der Waals surface area contributed by atoms with Gasteiger partial charge in [-0.3, -0.25) is 4.79 Å². The first kappa shape index (κ1) is 21.2. The lowest BCUT2D eigenvalue weighted by atomic mass is 9.96. The zero-order valence-electron chi connectivity index (χ0n) is 16.0. The lowest BCUT2D eigenvalue weighted by Crippen LogP contribution is -2.48. The Morgan fingerprint density at radius 1 is 1.00 bits per heavy atom. The fraction of sp³-hybridized carbons (Fsp3) is 0.381. The molecule has 0 aliphatic rings. The number of hydrogen-bond donors (Lipinski definition) is 0. The molecule has 0 aliphatic heterocycles. The summed E-state index contributed by atoms with van der Waals surface area (Å²) >= 11 is 8.38. The van der Waals surface area contributed by atoms with Crippen LogP contribution in [0.25, 0.3) is 0 Å². The highest BCUT2D eigenvalue weighted by Gasteiger charge is 2.41. The molecule has 2 nitrogen and oxygen atoms in total. The maximum Gasteiger partial charge on any atom is 0.185 e. The Morgan fingerprint density at radius 3 is 2.00 bits per heavy atom. The molecule has 0 unspecified atom stereocenters. The third-order valence-corrected chi connectivity index (χ3v) is 6.87. The van der Waals surface area contributed by atoms with Crippen molar-refractivity contribution >= 4 is 37.5 Å². The molecule has 0 radical (unpaired) electrons. The van der Waals surface area contributed by atoms with Crippen LogP contribution >= 0.6 is 23.4 Å². The van der Waals surface area contributed by atoms with Gasteiger partial charge in [-0.25, -0.2) is 0 Å². The number of benzene rings is 2. The average molecular weight is 407 g/mol. The number of alkyl halides is 1. The van der Waals surface area contributed by atoms with Gasteiger partial charge in [0.05, 0.1) is 5.25 Å². The van der Waals surface area contributed by atoms with Gasteiger partial charge in [0.1, 0.15) is 11.0 Å². The Morgan fingerprint density at radius 2 is 1.50 bits per heavy atom. The summed E-state index contributed by atoms with van der Waals surface area (Å²) in [4.78, 5) is 14.3. The highest BCUT2D eigenvalue weighted by atomic mass is 35.5. The lowest BCUT2D eigenvalue weighted by molar-refractivity contribution is -0.132. The highest BCUT2D eigenvalue weighted by molar-refractivity contribution is 7.99. The van der Waals surface area contributed by atoms with E-state index in [0.29, 0.717) is 0 Å². The number of carbonyl (C=O) groups excluding carboxylic acids is 1. The standard InChI is InChI=1S/C21H27ClO2SSi/c1-21(2,24-26(3,4)5)20(23)18(22)19(16-12-8-6-9-13-16)25-17-14-10-7-11-15-17/h6-15,18-19H,1-5H3/t18-,19-/m1/s1. The van der Waals surface area contributed by atoms with Gasteiger partial charge in [-0.05, 0) is 51.2 Å². The molecule has 0 aliphatic carbocycles. The summed E-state index contributed by atoms with van der Waals surface area (Å²) in [5.41, 5.74) is 0.139. The van der Waals surface area contributed by atoms with Crippen molar-refractivity contribution in [3.63, 3.8) is 0 Å². The molecular formula is C21H27ClO2SSi. The van der Waals surface area contributed by atoms with E-state index in [1.165, 1.54) is 0 Å². The molecule has 26 heavy (non-hydrogen) atoms. The van der Waals surface area contributed by atoms with Gasteiger partial charge in [-0.1, -0.05) is 48.5 Å². The second-order valence-electron chi connectivity index (χ2n) is 7.75. The van der Waals surface area contributed by atoms with E-state index in [4.69, 9.17) is 16.0 Å². The number of carbonyl (C=O) groups is 1. The van der Waals surface area contributed by atoms with Crippen LogP contribution in [0, 0.1) is 0 Å². The number of halogens is 1. The van der Waals surface area contributed by atoms with E-state index >= 15 is 0 Å². The van der Waals surface area contributed by atoms with Crippen LogP contribution < -0.4 is 0 Å². The minimum Gasteiger partial charge on any atom is -0.406 e. The first-order valence-electron chi connectivity index (χ1n) is 8.75. The average Bonchev–Trinajstić information content (AvgIpc) is 2.58. The molecule has 0 heterocycles. The SMILES string of the molecule is CC(C)(O[Si](C)(C)C)C(=O)[C@H](Cl)[C@H](Sc1ccccc1)c1ccccc1. The summed E-state index contributed by atoms with van der Waals surface area (Å²) in [5.74, 6) is -0.0705. The van der Waals surface area contributed by atoms with Gasteiger partial charge in [0, 0.05) is 4.90 Å². The largest absolute Gasteiger partial charge is 0.406 e. The van der Waals surface area contributed by atoms with Crippen molar-refractivity contribution in [1.29, 1.82) is 0 Å². The fourth-order valence-corrected chi connectivity index (χ4v) is 6.21. The maximum atomic E-state index is 13.2. The van der Waals surface area contributed by atoms with Crippen LogP contribution in [0.5, 0.6) is 0 Å². The van der Waals surface area contributed by atoms with Crippen LogP contribution in [0.1, 0.15) is 24.7 Å². The smallest absolute Gasteiger partial charge is 0.185 e. The zero-order chi connectivity index (χ0) is 19.4. The van der Waals surface area contributed by atoms with Crippen LogP contribution in [-0.4, -0.2) is 25.1 Å². The molecule has 0 spiro atoms. The quantitative estimate of drug-likeness (QED) is 0.291. The van der Waals surface area contributed by atoms with Crippen molar-refractivity contribution in [3.8, 4) is 0 Å². The van der Waals surface area contributed by atoms with Crippen LogP contribution in [0.3, 0.4) is 0 Å². The first-order chi connectivity index (χ1) is 12.1. The summed E-state index contributed by atoms with van der Waals surface area (Å²) < 4.78 is 6.14. The van der Waals surface area contributed by atoms with Gasteiger partial charge in [-0.2, -0.15) is 0 Å². The normalized spacial score (nSPS) is 14.7. The van der Waals surface area contributed by atoms with E-state index < -0.39 is 19.3 Å². The minimum atomic E-state index is -1.88. The monoisotopic (exact) mass is 406 g/mol. The Bertz CT molecular complexity index is 714. The molecule has 0 saturated heterocycles. The molecule has 0 fully saturated rings. The van der Waals surface area contributed by atoms with E-state index in [2.05, 4.69) is 19.6 Å². The number of hydrogen-bond acceptors (Lipinski definition) is 3. The molecule has 140 valence electrons. The topological polar surface area (TPSA) is 26.3 Å². The minimum absolute atomic E-state index is 0.0705. The third-order valence-electron chi connectivity index (χ3n) is 3.81. The summed E-state index contributed by atoms with van der Waals surface area (Å²) in [6.07, 6.45) is 0. The van der Waals surface area contributed by atoms with Crippen LogP contribution in [0.2, 0.25) is 19.6 Å². The zero-order valence-corrected chi connectivity index (χ0v) is 18.6. The van der Waals surface area contributed by atoms with Crippen LogP contribution in [0.4, 0.5) is 0 Å². The highest BCUT2D eigenvalue weighted by Crippen LogP contribution is 2.41. The molecule has 0 amide bonds. The van der Waals surface area contributed by atoms with Gasteiger partial charge in [0.2, 0.25) is 0 Å². The molecule has 0 aromatic heterocycles. The van der Waals surface area contributed by atoms with Crippen LogP contribution in [-0.2, 0) is 9.22 Å². The number of Topliss-reactive ketones (excluding diaryl/α,β-unsaturated/α-hetero) is 1. The molecule has 0 saturated carbocycles. The van der Waals surface area contributed by atoms with E-state index in [-0.39, 0.29) is 11.0 Å². The van der Waals surface area contributed by atoms with Crippen molar-refractivity contribution in [2.75, 3.05) is 0 Å². The maximum absolute atomic E-state index is 13.2. The van der Waals surface area contributed by atoms with Crippen molar-refractivity contribution in [1.82, 2.24) is 0 Å². The number of ketones is 1. The summed E-state index contributed by atoms with van der Waals surface area (Å²) in [7, 11) is -1.88. The summed E-state index contributed by atoms with van der Waals surface area (Å²) in [5, 5.41) is -0.869. The number of rotatable bonds is 8. The Hall–Kier alpha value is -1.07. The number of thioether (sulfide) groups is 1. The third kappa shape index (κ3) is 5.98. The molecular weight excluding hydrogens is 380 g/mol. The Balaban J connectivity index is 2.31. The van der Waals surface area contributed by atoms with Crippen LogP contribution in [0.15, 0.2) is 65.6 Å². The predicted octanol–water partition coefficient (Wildman–Crippen LogP) is 6.33. The summed E-state index contributed by atoms with van der Waals surface area (Å²) in [6, 6.07) is 20.0. The molecule has 0 bridgehead atoms. The van der Waals surface area contributed by atoms with E-state index in [1.807, 2.05) is 74.5 Å².